The van der Waals surface area contributed by atoms with Gasteiger partial charge in [-0.3, -0.25) is 4.98 Å². The van der Waals surface area contributed by atoms with E-state index in [0.717, 1.165) is 11.1 Å². The van der Waals surface area contributed by atoms with Crippen LogP contribution in [-0.4, -0.2) is 32.3 Å². The highest BCUT2D eigenvalue weighted by Gasteiger charge is 2.11. The average Bonchev–Trinajstić information content (AvgIpc) is 2.96. The number of benzene rings is 1. The molecule has 0 saturated carbocycles. The van der Waals surface area contributed by atoms with Crippen LogP contribution in [0.5, 0.6) is 5.75 Å². The number of nitrogens with zero attached hydrogens (tertiary/aromatic N) is 5. The van der Waals surface area contributed by atoms with Gasteiger partial charge in [0.05, 0.1) is 19.3 Å². The zero-order chi connectivity index (χ0) is 14.7. The summed E-state index contributed by atoms with van der Waals surface area (Å²) in [5, 5.41) is 11.8. The lowest BCUT2D eigenvalue weighted by Gasteiger charge is -2.08. The smallest absolute Gasteiger partial charge is 0.182 e. The first-order chi connectivity index (χ1) is 10.3. The van der Waals surface area contributed by atoms with Gasteiger partial charge in [-0.1, -0.05) is 0 Å². The van der Waals surface area contributed by atoms with Crippen LogP contribution in [0.25, 0.3) is 11.4 Å². The van der Waals surface area contributed by atoms with Gasteiger partial charge in [0.25, 0.3) is 0 Å². The van der Waals surface area contributed by atoms with Crippen LogP contribution < -0.4 is 10.5 Å². The van der Waals surface area contributed by atoms with Crippen molar-refractivity contribution < 1.29 is 4.74 Å². The van der Waals surface area contributed by atoms with Gasteiger partial charge in [0.2, 0.25) is 0 Å². The number of aromatic nitrogens is 5. The molecular formula is C14H14N6O. The summed E-state index contributed by atoms with van der Waals surface area (Å²) in [6, 6.07) is 9.33. The monoisotopic (exact) mass is 282 g/mol. The number of methoxy groups -OCH3 is 1. The standard InChI is InChI=1S/C14H14N6O/c1-21-13-3-2-11(8-12(13)15)14-17-18-19-20(14)9-10-4-6-16-7-5-10/h2-8H,9,15H2,1H3. The van der Waals surface area contributed by atoms with Gasteiger partial charge < -0.3 is 10.5 Å². The average molecular weight is 282 g/mol. The summed E-state index contributed by atoms with van der Waals surface area (Å²) in [6.45, 7) is 0.566. The molecule has 0 fully saturated rings. The van der Waals surface area contributed by atoms with Crippen molar-refractivity contribution in [1.29, 1.82) is 0 Å². The molecule has 0 bridgehead atoms. The molecule has 106 valence electrons. The molecule has 2 heterocycles. The van der Waals surface area contributed by atoms with Gasteiger partial charge in [-0.2, -0.15) is 0 Å². The second-order valence-electron chi connectivity index (χ2n) is 4.47. The molecule has 2 aromatic heterocycles. The van der Waals surface area contributed by atoms with Gasteiger partial charge in [-0.25, -0.2) is 4.68 Å². The van der Waals surface area contributed by atoms with Gasteiger partial charge in [-0.15, -0.1) is 5.10 Å². The lowest BCUT2D eigenvalue weighted by atomic mass is 10.1. The largest absolute Gasteiger partial charge is 0.495 e. The Morgan fingerprint density at radius 1 is 1.19 bits per heavy atom. The highest BCUT2D eigenvalue weighted by atomic mass is 16.5. The number of tetrazole rings is 1. The number of pyridine rings is 1. The predicted octanol–water partition coefficient (Wildman–Crippen LogP) is 1.37. The number of nitrogen functional groups attached to an aromatic ring is 1. The van der Waals surface area contributed by atoms with Crippen molar-refractivity contribution in [3.63, 3.8) is 0 Å². The third-order valence-electron chi connectivity index (χ3n) is 3.10. The van der Waals surface area contributed by atoms with Crippen molar-refractivity contribution in [1.82, 2.24) is 25.2 Å². The fourth-order valence-electron chi connectivity index (χ4n) is 2.05. The molecule has 0 saturated heterocycles. The van der Waals surface area contributed by atoms with E-state index in [1.807, 2.05) is 18.2 Å². The third kappa shape index (κ3) is 2.66. The van der Waals surface area contributed by atoms with E-state index in [1.165, 1.54) is 0 Å². The molecule has 21 heavy (non-hydrogen) atoms. The molecule has 3 aromatic rings. The van der Waals surface area contributed by atoms with E-state index < -0.39 is 0 Å². The fraction of sp³-hybridized carbons (Fsp3) is 0.143. The second-order valence-corrected chi connectivity index (χ2v) is 4.47. The molecular weight excluding hydrogens is 268 g/mol. The summed E-state index contributed by atoms with van der Waals surface area (Å²) in [7, 11) is 1.58. The summed E-state index contributed by atoms with van der Waals surface area (Å²) < 4.78 is 6.87. The van der Waals surface area contributed by atoms with Crippen molar-refractivity contribution in [3.8, 4) is 17.1 Å². The zero-order valence-electron chi connectivity index (χ0n) is 11.5. The van der Waals surface area contributed by atoms with E-state index in [2.05, 4.69) is 20.5 Å². The lowest BCUT2D eigenvalue weighted by molar-refractivity contribution is 0.417. The summed E-state index contributed by atoms with van der Waals surface area (Å²) in [6.07, 6.45) is 3.48. The van der Waals surface area contributed by atoms with Crippen molar-refractivity contribution in [3.05, 3.63) is 48.3 Å². The van der Waals surface area contributed by atoms with Crippen LogP contribution in [0.4, 0.5) is 5.69 Å². The molecule has 0 aliphatic heterocycles. The molecule has 1 aromatic carbocycles. The fourth-order valence-corrected chi connectivity index (χ4v) is 2.05. The quantitative estimate of drug-likeness (QED) is 0.727. The SMILES string of the molecule is COc1ccc(-c2nnnn2Cc2ccncc2)cc1N. The van der Waals surface area contributed by atoms with Gasteiger partial charge in [0.15, 0.2) is 5.82 Å². The second kappa shape index (κ2) is 5.58. The minimum atomic E-state index is 0.550. The number of hydrogen-bond donors (Lipinski definition) is 1. The molecule has 0 aliphatic rings. The Morgan fingerprint density at radius 3 is 2.71 bits per heavy atom. The summed E-state index contributed by atoms with van der Waals surface area (Å²) in [4.78, 5) is 3.99. The van der Waals surface area contributed by atoms with Crippen LogP contribution in [0.3, 0.4) is 0 Å². The maximum absolute atomic E-state index is 5.93. The number of ether oxygens (including phenoxy) is 1. The Morgan fingerprint density at radius 2 is 2.00 bits per heavy atom. The van der Waals surface area contributed by atoms with E-state index in [4.69, 9.17) is 10.5 Å². The minimum Gasteiger partial charge on any atom is -0.495 e. The number of rotatable bonds is 4. The van der Waals surface area contributed by atoms with Gasteiger partial charge in [0, 0.05) is 18.0 Å². The Bertz CT molecular complexity index is 740. The number of anilines is 1. The molecule has 0 radical (unpaired) electrons. The normalized spacial score (nSPS) is 10.5. The lowest BCUT2D eigenvalue weighted by Crippen LogP contribution is -2.05. The molecule has 3 rings (SSSR count). The first-order valence-corrected chi connectivity index (χ1v) is 6.37. The molecule has 7 heteroatoms. The van der Waals surface area contributed by atoms with Crippen LogP contribution in [-0.2, 0) is 6.54 Å². The van der Waals surface area contributed by atoms with Gasteiger partial charge in [-0.05, 0) is 46.3 Å². The maximum atomic E-state index is 5.93. The molecule has 0 aliphatic carbocycles. The summed E-state index contributed by atoms with van der Waals surface area (Å²) in [5.41, 5.74) is 8.39. The molecule has 2 N–H and O–H groups in total. The molecule has 0 amide bonds. The highest BCUT2D eigenvalue weighted by Crippen LogP contribution is 2.27. The first-order valence-electron chi connectivity index (χ1n) is 6.37. The van der Waals surface area contributed by atoms with Crippen LogP contribution in [0, 0.1) is 0 Å². The van der Waals surface area contributed by atoms with Crippen molar-refractivity contribution in [2.45, 2.75) is 6.54 Å². The first kappa shape index (κ1) is 13.0. The van der Waals surface area contributed by atoms with Crippen LogP contribution in [0.15, 0.2) is 42.7 Å². The molecule has 0 atom stereocenters. The number of nitrogens with two attached hydrogens (primary N) is 1. The topological polar surface area (TPSA) is 91.7 Å². The predicted molar refractivity (Wildman–Crippen MR) is 77.6 cm³/mol. The van der Waals surface area contributed by atoms with Gasteiger partial charge in [0.1, 0.15) is 5.75 Å². The molecule has 0 spiro atoms. The van der Waals surface area contributed by atoms with Crippen LogP contribution in [0.2, 0.25) is 0 Å². The maximum Gasteiger partial charge on any atom is 0.182 e. The summed E-state index contributed by atoms with van der Waals surface area (Å²) in [5.74, 6) is 1.29. The number of hydrogen-bond acceptors (Lipinski definition) is 6. The Kier molecular flexibility index (Phi) is 3.46. The van der Waals surface area contributed by atoms with E-state index in [1.54, 1.807) is 36.3 Å². The Hall–Kier alpha value is -2.96. The van der Waals surface area contributed by atoms with Crippen molar-refractivity contribution >= 4 is 5.69 Å². The van der Waals surface area contributed by atoms with Gasteiger partial charge >= 0.3 is 0 Å². The van der Waals surface area contributed by atoms with E-state index >= 15 is 0 Å². The van der Waals surface area contributed by atoms with E-state index in [0.29, 0.717) is 23.8 Å². The molecule has 7 nitrogen and oxygen atoms in total. The summed E-state index contributed by atoms with van der Waals surface area (Å²) >= 11 is 0. The third-order valence-corrected chi connectivity index (χ3v) is 3.10. The van der Waals surface area contributed by atoms with Crippen LogP contribution >= 0.6 is 0 Å². The van der Waals surface area contributed by atoms with E-state index in [9.17, 15) is 0 Å². The highest BCUT2D eigenvalue weighted by molar-refractivity contribution is 5.66. The Labute approximate surface area is 121 Å². The van der Waals surface area contributed by atoms with E-state index in [-0.39, 0.29) is 0 Å². The van der Waals surface area contributed by atoms with Crippen LogP contribution in [0.1, 0.15) is 5.56 Å². The minimum absolute atomic E-state index is 0.550. The van der Waals surface area contributed by atoms with Crippen molar-refractivity contribution in [2.24, 2.45) is 0 Å². The van der Waals surface area contributed by atoms with Crippen molar-refractivity contribution in [2.75, 3.05) is 12.8 Å². The Balaban J connectivity index is 1.93. The zero-order valence-corrected chi connectivity index (χ0v) is 11.5. The molecule has 0 unspecified atom stereocenters.